The maximum Gasteiger partial charge on any atom is 0.223 e. The van der Waals surface area contributed by atoms with Crippen LogP contribution >= 0.6 is 46.8 Å². The van der Waals surface area contributed by atoms with Crippen LogP contribution in [-0.2, 0) is 13.2 Å². The molecule has 154 valence electrons. The van der Waals surface area contributed by atoms with Crippen molar-refractivity contribution in [3.63, 3.8) is 0 Å². The molecule has 0 bridgehead atoms. The Morgan fingerprint density at radius 1 is 1.00 bits per heavy atom. The third kappa shape index (κ3) is 4.73. The minimum Gasteiger partial charge on any atom is -0.486 e. The molecule has 0 amide bonds. The lowest BCUT2D eigenvalue weighted by Crippen LogP contribution is -2.09. The number of hydrogen-bond acceptors (Lipinski definition) is 7. The van der Waals surface area contributed by atoms with Crippen LogP contribution in [0.5, 0.6) is 11.5 Å². The van der Waals surface area contributed by atoms with Gasteiger partial charge in [-0.3, -0.25) is 0 Å². The fourth-order valence-corrected chi connectivity index (χ4v) is 4.19. The van der Waals surface area contributed by atoms with Crippen LogP contribution < -0.4 is 9.47 Å². The van der Waals surface area contributed by atoms with Gasteiger partial charge in [0, 0.05) is 5.02 Å². The predicted molar refractivity (Wildman–Crippen MR) is 121 cm³/mol. The van der Waals surface area contributed by atoms with Crippen LogP contribution in [0, 0.1) is 18.6 Å². The van der Waals surface area contributed by atoms with Gasteiger partial charge in [0.05, 0.1) is 5.02 Å². The fraction of sp³-hybridized carbons (Fsp3) is 0.200. The van der Waals surface area contributed by atoms with Crippen LogP contribution in [0.1, 0.15) is 22.0 Å². The van der Waals surface area contributed by atoms with E-state index in [1.54, 1.807) is 22.7 Å². The number of fused-ring (bicyclic) bond motifs is 1. The van der Waals surface area contributed by atoms with Gasteiger partial charge in [0.1, 0.15) is 24.7 Å². The normalized spacial score (nSPS) is 11.1. The number of aromatic nitrogens is 4. The summed E-state index contributed by atoms with van der Waals surface area (Å²) in [5.41, 5.74) is 2.39. The highest BCUT2D eigenvalue weighted by atomic mass is 35.5. The largest absolute Gasteiger partial charge is 0.486 e. The summed E-state index contributed by atoms with van der Waals surface area (Å²) >= 11 is 18.7. The van der Waals surface area contributed by atoms with Gasteiger partial charge in [0.25, 0.3) is 0 Å². The van der Waals surface area contributed by atoms with E-state index in [1.165, 1.54) is 22.5 Å². The average Bonchev–Trinajstić information content (AvgIpc) is 3.11. The molecule has 0 atom stereocenters. The third-order valence-corrected chi connectivity index (χ3v) is 5.95. The highest BCUT2D eigenvalue weighted by molar-refractivity contribution is 7.71. The Balaban J connectivity index is 1.54. The second-order valence-corrected chi connectivity index (χ2v) is 8.76. The SMILES string of the molecule is Cc1ccc(OCc2nn3c(COc4ccc(Cl)cc4Cl)nc(=S)nc3s2)cc1C. The first-order valence-corrected chi connectivity index (χ1v) is 10.9. The van der Waals surface area contributed by atoms with Gasteiger partial charge < -0.3 is 9.47 Å². The first kappa shape index (κ1) is 21.0. The lowest BCUT2D eigenvalue weighted by molar-refractivity contribution is 0.289. The van der Waals surface area contributed by atoms with E-state index in [0.717, 1.165) is 10.8 Å². The third-order valence-electron chi connectivity index (χ3n) is 4.35. The number of benzene rings is 2. The molecule has 4 aromatic rings. The van der Waals surface area contributed by atoms with Crippen LogP contribution in [-0.4, -0.2) is 19.6 Å². The molecular weight excluding hydrogens is 463 g/mol. The van der Waals surface area contributed by atoms with E-state index in [0.29, 0.717) is 33.2 Å². The van der Waals surface area contributed by atoms with Gasteiger partial charge in [0.2, 0.25) is 9.73 Å². The van der Waals surface area contributed by atoms with E-state index < -0.39 is 0 Å². The van der Waals surface area contributed by atoms with Crippen molar-refractivity contribution in [3.8, 4) is 11.5 Å². The Morgan fingerprint density at radius 2 is 1.83 bits per heavy atom. The quantitative estimate of drug-likeness (QED) is 0.316. The Kier molecular flexibility index (Phi) is 6.19. The predicted octanol–water partition coefficient (Wildman–Crippen LogP) is 6.00. The number of hydrogen-bond donors (Lipinski definition) is 0. The van der Waals surface area contributed by atoms with E-state index in [1.807, 2.05) is 18.2 Å². The molecule has 0 aliphatic rings. The van der Waals surface area contributed by atoms with E-state index in [9.17, 15) is 0 Å². The van der Waals surface area contributed by atoms with Crippen molar-refractivity contribution in [2.45, 2.75) is 27.1 Å². The Hall–Kier alpha value is -2.26. The molecule has 10 heteroatoms. The summed E-state index contributed by atoms with van der Waals surface area (Å²) in [6, 6.07) is 11.0. The van der Waals surface area contributed by atoms with Crippen molar-refractivity contribution >= 4 is 51.7 Å². The molecule has 2 heterocycles. The smallest absolute Gasteiger partial charge is 0.223 e. The summed E-state index contributed by atoms with van der Waals surface area (Å²) in [5.74, 6) is 1.80. The van der Waals surface area contributed by atoms with Crippen LogP contribution in [0.25, 0.3) is 4.96 Å². The highest BCUT2D eigenvalue weighted by Gasteiger charge is 2.13. The fourth-order valence-electron chi connectivity index (χ4n) is 2.66. The molecular formula is C20H16Cl2N4O2S2. The summed E-state index contributed by atoms with van der Waals surface area (Å²) in [7, 11) is 0. The van der Waals surface area contributed by atoms with Gasteiger partial charge in [-0.2, -0.15) is 19.6 Å². The van der Waals surface area contributed by atoms with Gasteiger partial charge in [-0.1, -0.05) is 40.6 Å². The maximum absolute atomic E-state index is 6.17. The first-order chi connectivity index (χ1) is 14.4. The van der Waals surface area contributed by atoms with Crippen molar-refractivity contribution in [2.24, 2.45) is 0 Å². The Labute approximate surface area is 192 Å². The van der Waals surface area contributed by atoms with Gasteiger partial charge in [-0.25, -0.2) is 0 Å². The van der Waals surface area contributed by atoms with Gasteiger partial charge >= 0.3 is 0 Å². The van der Waals surface area contributed by atoms with Crippen molar-refractivity contribution < 1.29 is 9.47 Å². The van der Waals surface area contributed by atoms with Crippen LogP contribution in [0.3, 0.4) is 0 Å². The summed E-state index contributed by atoms with van der Waals surface area (Å²) < 4.78 is 13.5. The number of aryl methyl sites for hydroxylation is 2. The van der Waals surface area contributed by atoms with Gasteiger partial charge in [-0.05, 0) is 67.5 Å². The van der Waals surface area contributed by atoms with E-state index >= 15 is 0 Å². The molecule has 6 nitrogen and oxygen atoms in total. The standard InChI is InChI=1S/C20H16Cl2N4O2S2/c1-11-3-5-14(7-12(11)2)27-10-18-25-26-17(23-19(29)24-20(26)30-18)9-28-16-6-4-13(21)8-15(16)22/h3-8H,9-10H2,1-2H3. The van der Waals surface area contributed by atoms with E-state index in [-0.39, 0.29) is 11.4 Å². The monoisotopic (exact) mass is 478 g/mol. The molecule has 0 fully saturated rings. The number of ether oxygens (including phenoxy) is 2. The number of halogens is 2. The van der Waals surface area contributed by atoms with Crippen molar-refractivity contribution in [1.82, 2.24) is 19.6 Å². The van der Waals surface area contributed by atoms with Crippen molar-refractivity contribution in [2.75, 3.05) is 0 Å². The molecule has 2 aromatic carbocycles. The lowest BCUT2D eigenvalue weighted by Gasteiger charge is -2.08. The second kappa shape index (κ2) is 8.85. The molecule has 0 unspecified atom stereocenters. The summed E-state index contributed by atoms with van der Waals surface area (Å²) in [4.78, 5) is 9.20. The zero-order valence-corrected chi connectivity index (χ0v) is 19.2. The Bertz CT molecular complexity index is 1290. The van der Waals surface area contributed by atoms with E-state index in [4.69, 9.17) is 44.9 Å². The molecule has 0 saturated heterocycles. The number of rotatable bonds is 6. The number of nitrogens with zero attached hydrogens (tertiary/aromatic N) is 4. The average molecular weight is 479 g/mol. The zero-order valence-electron chi connectivity index (χ0n) is 16.1. The van der Waals surface area contributed by atoms with Crippen LogP contribution in [0.2, 0.25) is 10.0 Å². The molecule has 0 N–H and O–H groups in total. The molecule has 0 spiro atoms. The summed E-state index contributed by atoms with van der Waals surface area (Å²) in [6.45, 7) is 4.55. The second-order valence-electron chi connectivity index (χ2n) is 6.51. The molecule has 0 saturated carbocycles. The van der Waals surface area contributed by atoms with Gasteiger partial charge in [-0.15, -0.1) is 0 Å². The molecule has 30 heavy (non-hydrogen) atoms. The van der Waals surface area contributed by atoms with Crippen molar-refractivity contribution in [3.05, 3.63) is 73.2 Å². The molecule has 0 radical (unpaired) electrons. The van der Waals surface area contributed by atoms with Crippen LogP contribution in [0.15, 0.2) is 36.4 Å². The lowest BCUT2D eigenvalue weighted by atomic mass is 10.1. The molecule has 4 rings (SSSR count). The highest BCUT2D eigenvalue weighted by Crippen LogP contribution is 2.28. The van der Waals surface area contributed by atoms with Gasteiger partial charge in [0.15, 0.2) is 10.8 Å². The Morgan fingerprint density at radius 3 is 2.60 bits per heavy atom. The summed E-state index contributed by atoms with van der Waals surface area (Å²) in [6.07, 6.45) is 0. The van der Waals surface area contributed by atoms with Crippen LogP contribution in [0.4, 0.5) is 0 Å². The molecule has 0 aliphatic carbocycles. The minimum absolute atomic E-state index is 0.121. The minimum atomic E-state index is 0.121. The maximum atomic E-state index is 6.17. The topological polar surface area (TPSA) is 61.5 Å². The zero-order chi connectivity index (χ0) is 21.3. The molecule has 2 aromatic heterocycles. The summed E-state index contributed by atoms with van der Waals surface area (Å²) in [5, 5.41) is 6.26. The molecule has 0 aliphatic heterocycles. The first-order valence-electron chi connectivity index (χ1n) is 8.92. The van der Waals surface area contributed by atoms with E-state index in [2.05, 4.69) is 28.9 Å². The van der Waals surface area contributed by atoms with Crippen molar-refractivity contribution in [1.29, 1.82) is 0 Å².